The molecule has 6 heteroatoms. The van der Waals surface area contributed by atoms with E-state index in [1.165, 1.54) is 6.20 Å². The van der Waals surface area contributed by atoms with Gasteiger partial charge in [-0.3, -0.25) is 14.6 Å². The zero-order chi connectivity index (χ0) is 12.0. The molecule has 1 heterocycles. The van der Waals surface area contributed by atoms with Crippen LogP contribution in [0.2, 0.25) is 0 Å². The molecule has 5 N–H and O–H groups in total. The average Bonchev–Trinajstić information content (AvgIpc) is 2.28. The number of pyridine rings is 1. The molecule has 0 aliphatic carbocycles. The SMILES string of the molecule is NCc1cc(C(=O)NCCC(N)=O)ccn1. The lowest BCUT2D eigenvalue weighted by atomic mass is 10.2. The summed E-state index contributed by atoms with van der Waals surface area (Å²) in [5.41, 5.74) is 11.5. The highest BCUT2D eigenvalue weighted by Crippen LogP contribution is 2.00. The summed E-state index contributed by atoms with van der Waals surface area (Å²) in [5.74, 6) is -0.712. The molecule has 0 aromatic carbocycles. The Morgan fingerprint density at radius 3 is 2.81 bits per heavy atom. The van der Waals surface area contributed by atoms with Crippen LogP contribution >= 0.6 is 0 Å². The normalized spacial score (nSPS) is 9.81. The Balaban J connectivity index is 2.55. The van der Waals surface area contributed by atoms with Gasteiger partial charge in [0.25, 0.3) is 5.91 Å². The standard InChI is InChI=1S/C10H14N4O2/c11-6-8-5-7(1-3-13-8)10(16)14-4-2-9(12)15/h1,3,5H,2,4,6,11H2,(H2,12,15)(H,14,16). The van der Waals surface area contributed by atoms with Crippen LogP contribution in [0.5, 0.6) is 0 Å². The summed E-state index contributed by atoms with van der Waals surface area (Å²) in [4.78, 5) is 26.0. The number of nitrogens with two attached hydrogens (primary N) is 2. The molecule has 0 radical (unpaired) electrons. The Kier molecular flexibility index (Phi) is 4.41. The first-order chi connectivity index (χ1) is 7.63. The zero-order valence-electron chi connectivity index (χ0n) is 8.77. The van der Waals surface area contributed by atoms with Crippen molar-refractivity contribution in [2.24, 2.45) is 11.5 Å². The van der Waals surface area contributed by atoms with Crippen molar-refractivity contribution in [3.63, 3.8) is 0 Å². The van der Waals surface area contributed by atoms with Crippen LogP contribution in [0.4, 0.5) is 0 Å². The Morgan fingerprint density at radius 2 is 2.19 bits per heavy atom. The van der Waals surface area contributed by atoms with E-state index in [0.717, 1.165) is 0 Å². The fraction of sp³-hybridized carbons (Fsp3) is 0.300. The van der Waals surface area contributed by atoms with Crippen molar-refractivity contribution in [3.05, 3.63) is 29.6 Å². The number of hydrogen-bond donors (Lipinski definition) is 3. The number of amides is 2. The van der Waals surface area contributed by atoms with E-state index in [9.17, 15) is 9.59 Å². The molecule has 0 aliphatic rings. The number of hydrogen-bond acceptors (Lipinski definition) is 4. The van der Waals surface area contributed by atoms with Gasteiger partial charge in [0.2, 0.25) is 5.91 Å². The second-order valence-corrected chi connectivity index (χ2v) is 3.21. The molecule has 1 rings (SSSR count). The maximum Gasteiger partial charge on any atom is 0.251 e. The number of nitrogens with zero attached hydrogens (tertiary/aromatic N) is 1. The Bertz CT molecular complexity index is 392. The molecule has 1 aromatic heterocycles. The third kappa shape index (κ3) is 3.66. The van der Waals surface area contributed by atoms with Crippen molar-refractivity contribution >= 4 is 11.8 Å². The molecule has 0 saturated carbocycles. The van der Waals surface area contributed by atoms with Crippen molar-refractivity contribution in [2.75, 3.05) is 6.54 Å². The Hall–Kier alpha value is -1.95. The number of nitrogens with one attached hydrogen (secondary N) is 1. The number of primary amides is 1. The van der Waals surface area contributed by atoms with Crippen molar-refractivity contribution in [3.8, 4) is 0 Å². The molecular formula is C10H14N4O2. The van der Waals surface area contributed by atoms with Gasteiger partial charge >= 0.3 is 0 Å². The largest absolute Gasteiger partial charge is 0.370 e. The van der Waals surface area contributed by atoms with Crippen LogP contribution in [0.1, 0.15) is 22.5 Å². The van der Waals surface area contributed by atoms with E-state index in [1.54, 1.807) is 12.1 Å². The van der Waals surface area contributed by atoms with Crippen LogP contribution < -0.4 is 16.8 Å². The highest BCUT2D eigenvalue weighted by molar-refractivity contribution is 5.94. The summed E-state index contributed by atoms with van der Waals surface area (Å²) in [7, 11) is 0. The maximum atomic E-state index is 11.6. The number of carbonyl (C=O) groups is 2. The quantitative estimate of drug-likeness (QED) is 0.602. The average molecular weight is 222 g/mol. The first-order valence-electron chi connectivity index (χ1n) is 4.85. The van der Waals surface area contributed by atoms with Crippen molar-refractivity contribution in [1.82, 2.24) is 10.3 Å². The van der Waals surface area contributed by atoms with Gasteiger partial charge in [-0.1, -0.05) is 0 Å². The zero-order valence-corrected chi connectivity index (χ0v) is 8.77. The van der Waals surface area contributed by atoms with Gasteiger partial charge in [0, 0.05) is 31.3 Å². The first-order valence-corrected chi connectivity index (χ1v) is 4.85. The van der Waals surface area contributed by atoms with Crippen molar-refractivity contribution in [1.29, 1.82) is 0 Å². The lowest BCUT2D eigenvalue weighted by Gasteiger charge is -2.04. The molecule has 2 amide bonds. The first kappa shape index (κ1) is 12.1. The minimum atomic E-state index is -0.447. The molecular weight excluding hydrogens is 208 g/mol. The van der Waals surface area contributed by atoms with E-state index in [4.69, 9.17) is 11.5 Å². The molecule has 6 nitrogen and oxygen atoms in total. The molecule has 0 bridgehead atoms. The summed E-state index contributed by atoms with van der Waals surface area (Å²) in [6, 6.07) is 3.19. The van der Waals surface area contributed by atoms with Gasteiger partial charge in [-0.15, -0.1) is 0 Å². The van der Waals surface area contributed by atoms with Gasteiger partial charge in [0.05, 0.1) is 5.69 Å². The highest BCUT2D eigenvalue weighted by Gasteiger charge is 2.06. The Labute approximate surface area is 93.0 Å². The predicted octanol–water partition coefficient (Wildman–Crippen LogP) is -0.854. The van der Waals surface area contributed by atoms with E-state index >= 15 is 0 Å². The number of rotatable bonds is 5. The van der Waals surface area contributed by atoms with E-state index in [2.05, 4.69) is 10.3 Å². The van der Waals surface area contributed by atoms with Gasteiger partial charge in [0.1, 0.15) is 0 Å². The molecule has 0 atom stereocenters. The van der Waals surface area contributed by atoms with Crippen LogP contribution in [-0.2, 0) is 11.3 Å². The third-order valence-corrected chi connectivity index (χ3v) is 1.94. The Morgan fingerprint density at radius 1 is 1.44 bits per heavy atom. The summed E-state index contributed by atoms with van der Waals surface area (Å²) in [6.07, 6.45) is 1.64. The molecule has 0 unspecified atom stereocenters. The van der Waals surface area contributed by atoms with E-state index in [0.29, 0.717) is 11.3 Å². The second kappa shape index (κ2) is 5.82. The minimum Gasteiger partial charge on any atom is -0.370 e. The van der Waals surface area contributed by atoms with Crippen LogP contribution in [0.3, 0.4) is 0 Å². The molecule has 0 aliphatic heterocycles. The van der Waals surface area contributed by atoms with Crippen LogP contribution in [0, 0.1) is 0 Å². The molecule has 16 heavy (non-hydrogen) atoms. The molecule has 0 fully saturated rings. The van der Waals surface area contributed by atoms with Gasteiger partial charge in [-0.25, -0.2) is 0 Å². The van der Waals surface area contributed by atoms with Crippen LogP contribution in [0.25, 0.3) is 0 Å². The summed E-state index contributed by atoms with van der Waals surface area (Å²) < 4.78 is 0. The van der Waals surface area contributed by atoms with Gasteiger partial charge in [-0.2, -0.15) is 0 Å². The smallest absolute Gasteiger partial charge is 0.251 e. The lowest BCUT2D eigenvalue weighted by Crippen LogP contribution is -2.28. The predicted molar refractivity (Wildman–Crippen MR) is 58.3 cm³/mol. The van der Waals surface area contributed by atoms with Gasteiger partial charge in [0.15, 0.2) is 0 Å². The minimum absolute atomic E-state index is 0.126. The molecule has 1 aromatic rings. The van der Waals surface area contributed by atoms with Gasteiger partial charge in [-0.05, 0) is 12.1 Å². The third-order valence-electron chi connectivity index (χ3n) is 1.94. The maximum absolute atomic E-state index is 11.6. The van der Waals surface area contributed by atoms with Crippen molar-refractivity contribution < 1.29 is 9.59 Å². The van der Waals surface area contributed by atoms with Crippen LogP contribution in [0.15, 0.2) is 18.3 Å². The number of carbonyl (C=O) groups excluding carboxylic acids is 2. The number of aromatic nitrogens is 1. The fourth-order valence-electron chi connectivity index (χ4n) is 1.13. The van der Waals surface area contributed by atoms with E-state index in [-0.39, 0.29) is 25.4 Å². The molecule has 86 valence electrons. The summed E-state index contributed by atoms with van der Waals surface area (Å²) >= 11 is 0. The fourth-order valence-corrected chi connectivity index (χ4v) is 1.13. The van der Waals surface area contributed by atoms with Crippen LogP contribution in [-0.4, -0.2) is 23.3 Å². The van der Waals surface area contributed by atoms with E-state index in [1.807, 2.05) is 0 Å². The summed E-state index contributed by atoms with van der Waals surface area (Å²) in [5, 5.41) is 2.57. The second-order valence-electron chi connectivity index (χ2n) is 3.21. The van der Waals surface area contributed by atoms with E-state index < -0.39 is 5.91 Å². The van der Waals surface area contributed by atoms with Gasteiger partial charge < -0.3 is 16.8 Å². The topological polar surface area (TPSA) is 111 Å². The monoisotopic (exact) mass is 222 g/mol. The molecule has 0 spiro atoms. The highest BCUT2D eigenvalue weighted by atomic mass is 16.2. The van der Waals surface area contributed by atoms with Crippen molar-refractivity contribution in [2.45, 2.75) is 13.0 Å². The molecule has 0 saturated heterocycles. The summed E-state index contributed by atoms with van der Waals surface area (Å²) in [6.45, 7) is 0.511. The lowest BCUT2D eigenvalue weighted by molar-refractivity contribution is -0.117.